The summed E-state index contributed by atoms with van der Waals surface area (Å²) in [5.74, 6) is 0. The molecule has 0 N–H and O–H groups in total. The number of aryl methyl sites for hydroxylation is 1. The predicted molar refractivity (Wildman–Crippen MR) is 38.1 cm³/mol. The molecule has 2 radical (unpaired) electrons. The van der Waals surface area contributed by atoms with E-state index in [2.05, 4.69) is 23.9 Å². The van der Waals surface area contributed by atoms with Crippen molar-refractivity contribution in [1.29, 1.82) is 0 Å². The van der Waals surface area contributed by atoms with Crippen molar-refractivity contribution in [3.8, 4) is 0 Å². The first-order chi connectivity index (χ1) is 3.93. The maximum absolute atomic E-state index is 2.12. The number of hydrogen-bond donors (Lipinski definition) is 0. The Morgan fingerprint density at radius 3 is 1.82 bits per heavy atom. The molecule has 1 aromatic heterocycles. The molecule has 0 aliphatic rings. The maximum atomic E-state index is 2.12. The molecule has 0 saturated heterocycles. The van der Waals surface area contributed by atoms with Gasteiger partial charge < -0.3 is 29.4 Å². The van der Waals surface area contributed by atoms with Gasteiger partial charge in [0.15, 0.2) is 12.4 Å². The fourth-order valence-corrected chi connectivity index (χ4v) is 0.645. The zero-order valence-electron chi connectivity index (χ0n) is 6.37. The first-order valence-corrected chi connectivity index (χ1v) is 2.87. The Labute approximate surface area is 95.1 Å². The van der Waals surface area contributed by atoms with Crippen LogP contribution in [0.15, 0.2) is 30.6 Å². The molecule has 1 heterocycles. The molecule has 0 saturated carbocycles. The first kappa shape index (κ1) is 17.5. The van der Waals surface area contributed by atoms with Gasteiger partial charge in [-0.1, -0.05) is 6.07 Å². The normalized spacial score (nSPS) is 6.64. The average molecular weight is 251 g/mol. The Morgan fingerprint density at radius 2 is 1.55 bits per heavy atom. The number of hydrogen-bond acceptors (Lipinski definition) is 0. The van der Waals surface area contributed by atoms with Crippen molar-refractivity contribution >= 4 is 17.4 Å². The van der Waals surface area contributed by atoms with Crippen molar-refractivity contribution < 1.29 is 34.0 Å². The van der Waals surface area contributed by atoms with Gasteiger partial charge in [-0.3, -0.25) is 0 Å². The van der Waals surface area contributed by atoms with Crippen molar-refractivity contribution in [2.24, 2.45) is 0 Å². The van der Waals surface area contributed by atoms with Gasteiger partial charge in [0.05, 0.1) is 0 Å². The Bertz CT molecular complexity index is 160. The van der Waals surface area contributed by atoms with Gasteiger partial charge in [-0.25, -0.2) is 4.57 Å². The fraction of sp³-hybridized carbons (Fsp3) is 0.286. The van der Waals surface area contributed by atoms with Crippen molar-refractivity contribution in [3.63, 3.8) is 0 Å². The smallest absolute Gasteiger partial charge is 1.00 e. The van der Waals surface area contributed by atoms with Crippen LogP contribution < -0.4 is 34.0 Å². The summed E-state index contributed by atoms with van der Waals surface area (Å²) in [5, 5.41) is 0. The van der Waals surface area contributed by atoms with Gasteiger partial charge in [0.25, 0.3) is 0 Å². The van der Waals surface area contributed by atoms with Crippen LogP contribution in [-0.4, -0.2) is 17.4 Å². The van der Waals surface area contributed by atoms with E-state index in [1.54, 1.807) is 0 Å². The zero-order valence-corrected chi connectivity index (χ0v) is 9.87. The number of halogens is 2. The van der Waals surface area contributed by atoms with Gasteiger partial charge in [-0.15, -0.1) is 0 Å². The van der Waals surface area contributed by atoms with E-state index in [4.69, 9.17) is 0 Å². The van der Waals surface area contributed by atoms with Crippen LogP contribution >= 0.6 is 0 Å². The van der Waals surface area contributed by atoms with Gasteiger partial charge in [0, 0.05) is 12.1 Å². The molecule has 1 aromatic rings. The second-order valence-corrected chi connectivity index (χ2v) is 1.71. The molecule has 1 nitrogen and oxygen atoms in total. The molecular weight excluding hydrogens is 240 g/mol. The third-order valence-electron chi connectivity index (χ3n) is 1.14. The minimum atomic E-state index is 0. The quantitative estimate of drug-likeness (QED) is 0.346. The summed E-state index contributed by atoms with van der Waals surface area (Å²) in [4.78, 5) is 0. The van der Waals surface area contributed by atoms with Gasteiger partial charge in [0.1, 0.15) is 6.54 Å². The Hall–Kier alpha value is 0.452. The second kappa shape index (κ2) is 10.5. The number of nitrogens with zero attached hydrogens (tertiary/aromatic N) is 1. The molecular formula is C7H10AlBrClN. The van der Waals surface area contributed by atoms with Crippen LogP contribution in [0.1, 0.15) is 6.92 Å². The second-order valence-electron chi connectivity index (χ2n) is 1.71. The monoisotopic (exact) mass is 249 g/mol. The summed E-state index contributed by atoms with van der Waals surface area (Å²) < 4.78 is 2.12. The summed E-state index contributed by atoms with van der Waals surface area (Å²) in [6.45, 7) is 3.18. The van der Waals surface area contributed by atoms with Crippen LogP contribution in [0.4, 0.5) is 0 Å². The minimum absolute atomic E-state index is 0. The predicted octanol–water partition coefficient (Wildman–Crippen LogP) is -5.38. The first-order valence-electron chi connectivity index (χ1n) is 2.87. The minimum Gasteiger partial charge on any atom is -1.00 e. The van der Waals surface area contributed by atoms with E-state index in [0.29, 0.717) is 0 Å². The molecule has 60 valence electrons. The van der Waals surface area contributed by atoms with E-state index < -0.39 is 0 Å². The zero-order chi connectivity index (χ0) is 5.82. The van der Waals surface area contributed by atoms with Crippen LogP contribution in [0.5, 0.6) is 0 Å². The van der Waals surface area contributed by atoms with Crippen LogP contribution in [0.25, 0.3) is 0 Å². The van der Waals surface area contributed by atoms with Crippen molar-refractivity contribution in [2.75, 3.05) is 0 Å². The number of pyridine rings is 1. The van der Waals surface area contributed by atoms with Crippen LogP contribution in [0.3, 0.4) is 0 Å². The van der Waals surface area contributed by atoms with E-state index in [1.807, 2.05) is 18.2 Å². The molecule has 0 amide bonds. The molecule has 0 atom stereocenters. The van der Waals surface area contributed by atoms with Crippen molar-refractivity contribution in [3.05, 3.63) is 30.6 Å². The summed E-state index contributed by atoms with van der Waals surface area (Å²) >= 11 is 0. The molecule has 0 spiro atoms. The maximum Gasteiger partial charge on any atom is 1.00 e. The molecule has 11 heavy (non-hydrogen) atoms. The molecule has 4 heteroatoms. The SMILES string of the molecule is CC[n+]1ccccc1.[Al+].[Br-].[Cl-]. The third-order valence-corrected chi connectivity index (χ3v) is 1.14. The van der Waals surface area contributed by atoms with Gasteiger partial charge in [-0.05, 0) is 6.92 Å². The largest absolute Gasteiger partial charge is 1.00 e. The van der Waals surface area contributed by atoms with Crippen molar-refractivity contribution in [2.45, 2.75) is 13.5 Å². The molecule has 0 bridgehead atoms. The fourth-order valence-electron chi connectivity index (χ4n) is 0.645. The Morgan fingerprint density at radius 1 is 1.09 bits per heavy atom. The van der Waals surface area contributed by atoms with Crippen LogP contribution in [0, 0.1) is 0 Å². The van der Waals surface area contributed by atoms with E-state index >= 15 is 0 Å². The topological polar surface area (TPSA) is 3.88 Å². The molecule has 0 aliphatic heterocycles. The average Bonchev–Trinajstić information content (AvgIpc) is 1.90. The summed E-state index contributed by atoms with van der Waals surface area (Å²) in [6, 6.07) is 6.08. The Balaban J connectivity index is -0.000000213. The number of aromatic nitrogens is 1. The molecule has 0 unspecified atom stereocenters. The molecule has 0 aromatic carbocycles. The van der Waals surface area contributed by atoms with E-state index in [0.717, 1.165) is 6.54 Å². The third kappa shape index (κ3) is 6.84. The van der Waals surface area contributed by atoms with E-state index in [-0.39, 0.29) is 46.7 Å². The summed E-state index contributed by atoms with van der Waals surface area (Å²) in [6.07, 6.45) is 4.11. The molecule has 1 rings (SSSR count). The van der Waals surface area contributed by atoms with Crippen LogP contribution in [0.2, 0.25) is 0 Å². The standard InChI is InChI=1S/C7H10N.Al.BrH.ClH/c1-2-8-6-4-3-5-7-8;;;/h3-7H,2H2,1H3;;2*1H/q2*+1;;/p-2. The Kier molecular flexibility index (Phi) is 16.6. The van der Waals surface area contributed by atoms with Gasteiger partial charge in [-0.2, -0.15) is 0 Å². The van der Waals surface area contributed by atoms with Gasteiger partial charge >= 0.3 is 17.4 Å². The van der Waals surface area contributed by atoms with Gasteiger partial charge in [0.2, 0.25) is 0 Å². The van der Waals surface area contributed by atoms with E-state index in [1.165, 1.54) is 0 Å². The van der Waals surface area contributed by atoms with E-state index in [9.17, 15) is 0 Å². The van der Waals surface area contributed by atoms with Crippen molar-refractivity contribution in [1.82, 2.24) is 0 Å². The summed E-state index contributed by atoms with van der Waals surface area (Å²) in [7, 11) is 0. The summed E-state index contributed by atoms with van der Waals surface area (Å²) in [5.41, 5.74) is 0. The molecule has 0 aliphatic carbocycles. The number of rotatable bonds is 1. The molecule has 0 fully saturated rings. The van der Waals surface area contributed by atoms with Crippen LogP contribution in [-0.2, 0) is 6.54 Å².